The van der Waals surface area contributed by atoms with Gasteiger partial charge in [-0.25, -0.2) is 8.42 Å². The smallest absolute Gasteiger partial charge is 0.178 e. The van der Waals surface area contributed by atoms with Crippen LogP contribution in [0.1, 0.15) is 13.3 Å². The van der Waals surface area contributed by atoms with Crippen LogP contribution in [-0.2, 0) is 9.84 Å². The Balaban J connectivity index is 2.78. The molecule has 0 aliphatic carbocycles. The Morgan fingerprint density at radius 3 is 2.47 bits per heavy atom. The van der Waals surface area contributed by atoms with Crippen LogP contribution in [0.3, 0.4) is 0 Å². The van der Waals surface area contributed by atoms with Gasteiger partial charge in [0, 0.05) is 5.54 Å². The van der Waals surface area contributed by atoms with Gasteiger partial charge in [0.1, 0.15) is 0 Å². The molecule has 82 valence electrons. The second-order valence-corrected chi connectivity index (χ2v) is 5.66. The van der Waals surface area contributed by atoms with E-state index < -0.39 is 9.84 Å². The molecule has 0 unspecified atom stereocenters. The predicted octanol–water partition coefficient (Wildman–Crippen LogP) is 2.99. The lowest BCUT2D eigenvalue weighted by atomic mass is 10.3. The molecule has 1 aromatic rings. The molecule has 0 bridgehead atoms. The standard InChI is InChI=1S/C11H13ClO2S/c1-10(9-12)7-8-15(13,14)11-5-3-2-4-6-11/h2-6,9H,7-8H2,1H3. The minimum absolute atomic E-state index is 0.103. The van der Waals surface area contributed by atoms with Gasteiger partial charge in [0.05, 0.1) is 10.6 Å². The van der Waals surface area contributed by atoms with Crippen LogP contribution in [0.2, 0.25) is 0 Å². The molecule has 0 saturated heterocycles. The predicted molar refractivity (Wildman–Crippen MR) is 62.7 cm³/mol. The van der Waals surface area contributed by atoms with Gasteiger partial charge in [0.15, 0.2) is 9.84 Å². The van der Waals surface area contributed by atoms with Crippen molar-refractivity contribution in [3.63, 3.8) is 0 Å². The summed E-state index contributed by atoms with van der Waals surface area (Å²) in [6.45, 7) is 1.81. The number of hydrogen-bond acceptors (Lipinski definition) is 2. The summed E-state index contributed by atoms with van der Waals surface area (Å²) in [7, 11) is -3.16. The number of sulfone groups is 1. The number of hydrogen-bond donors (Lipinski definition) is 0. The van der Waals surface area contributed by atoms with E-state index in [-0.39, 0.29) is 5.75 Å². The molecule has 0 atom stereocenters. The number of benzene rings is 1. The summed E-state index contributed by atoms with van der Waals surface area (Å²) in [5.74, 6) is 0.103. The lowest BCUT2D eigenvalue weighted by Crippen LogP contribution is -2.06. The first-order valence-corrected chi connectivity index (χ1v) is 6.69. The second kappa shape index (κ2) is 5.33. The van der Waals surface area contributed by atoms with Crippen LogP contribution in [-0.4, -0.2) is 14.2 Å². The monoisotopic (exact) mass is 244 g/mol. The number of rotatable bonds is 4. The first-order chi connectivity index (χ1) is 7.06. The average Bonchev–Trinajstić information content (AvgIpc) is 2.27. The van der Waals surface area contributed by atoms with Crippen LogP contribution in [0.5, 0.6) is 0 Å². The third-order valence-corrected chi connectivity index (χ3v) is 4.16. The molecule has 0 aliphatic rings. The maximum absolute atomic E-state index is 11.8. The highest BCUT2D eigenvalue weighted by molar-refractivity contribution is 7.91. The Morgan fingerprint density at radius 1 is 1.33 bits per heavy atom. The quantitative estimate of drug-likeness (QED) is 0.816. The molecular weight excluding hydrogens is 232 g/mol. The fourth-order valence-electron chi connectivity index (χ4n) is 1.10. The van der Waals surface area contributed by atoms with E-state index >= 15 is 0 Å². The first kappa shape index (κ1) is 12.3. The SMILES string of the molecule is CC(=CCl)CCS(=O)(=O)c1ccccc1. The van der Waals surface area contributed by atoms with Gasteiger partial charge in [0.2, 0.25) is 0 Å². The van der Waals surface area contributed by atoms with Crippen LogP contribution in [0.4, 0.5) is 0 Å². The lowest BCUT2D eigenvalue weighted by molar-refractivity contribution is 0.595. The zero-order valence-corrected chi connectivity index (χ0v) is 10.1. The molecule has 4 heteroatoms. The molecule has 1 rings (SSSR count). The Labute approximate surface area is 95.5 Å². The van der Waals surface area contributed by atoms with Gasteiger partial charge in [-0.2, -0.15) is 0 Å². The molecular formula is C11H13ClO2S. The Morgan fingerprint density at radius 2 is 1.93 bits per heavy atom. The third-order valence-electron chi connectivity index (χ3n) is 2.05. The molecule has 15 heavy (non-hydrogen) atoms. The van der Waals surface area contributed by atoms with E-state index in [0.717, 1.165) is 5.57 Å². The van der Waals surface area contributed by atoms with Crippen molar-refractivity contribution in [3.05, 3.63) is 41.4 Å². The lowest BCUT2D eigenvalue weighted by Gasteiger charge is -2.03. The molecule has 0 saturated carbocycles. The molecule has 0 aliphatic heterocycles. The third kappa shape index (κ3) is 3.68. The van der Waals surface area contributed by atoms with Gasteiger partial charge in [-0.05, 0) is 25.5 Å². The summed E-state index contributed by atoms with van der Waals surface area (Å²) < 4.78 is 23.6. The van der Waals surface area contributed by atoms with Crippen molar-refractivity contribution < 1.29 is 8.42 Å². The van der Waals surface area contributed by atoms with Crippen LogP contribution >= 0.6 is 11.6 Å². The van der Waals surface area contributed by atoms with E-state index in [1.165, 1.54) is 5.54 Å². The highest BCUT2D eigenvalue weighted by atomic mass is 35.5. The van der Waals surface area contributed by atoms with Gasteiger partial charge in [-0.15, -0.1) is 0 Å². The highest BCUT2D eigenvalue weighted by Crippen LogP contribution is 2.13. The van der Waals surface area contributed by atoms with Crippen LogP contribution in [0.15, 0.2) is 46.3 Å². The van der Waals surface area contributed by atoms with E-state index in [1.807, 2.05) is 6.92 Å². The van der Waals surface area contributed by atoms with Crippen molar-refractivity contribution in [3.8, 4) is 0 Å². The summed E-state index contributed by atoms with van der Waals surface area (Å²) in [5, 5.41) is 0. The molecule has 0 fully saturated rings. The Bertz CT molecular complexity index is 435. The van der Waals surface area contributed by atoms with Crippen molar-refractivity contribution in [1.29, 1.82) is 0 Å². The summed E-state index contributed by atoms with van der Waals surface area (Å²) in [5.41, 5.74) is 2.29. The van der Waals surface area contributed by atoms with E-state index in [0.29, 0.717) is 11.3 Å². The molecule has 0 heterocycles. The molecule has 0 N–H and O–H groups in total. The maximum Gasteiger partial charge on any atom is 0.178 e. The normalized spacial score (nSPS) is 12.8. The van der Waals surface area contributed by atoms with E-state index in [2.05, 4.69) is 0 Å². The van der Waals surface area contributed by atoms with Crippen molar-refractivity contribution in [2.45, 2.75) is 18.2 Å². The second-order valence-electron chi connectivity index (χ2n) is 3.34. The highest BCUT2D eigenvalue weighted by Gasteiger charge is 2.13. The number of allylic oxidation sites excluding steroid dienone is 1. The average molecular weight is 245 g/mol. The molecule has 0 radical (unpaired) electrons. The fraction of sp³-hybridized carbons (Fsp3) is 0.273. The van der Waals surface area contributed by atoms with E-state index in [4.69, 9.17) is 11.6 Å². The largest absolute Gasteiger partial charge is 0.224 e. The van der Waals surface area contributed by atoms with Crippen molar-refractivity contribution in [2.75, 3.05) is 5.75 Å². The minimum atomic E-state index is -3.16. The van der Waals surface area contributed by atoms with Gasteiger partial charge < -0.3 is 0 Å². The zero-order chi connectivity index (χ0) is 11.3. The van der Waals surface area contributed by atoms with Crippen molar-refractivity contribution >= 4 is 21.4 Å². The van der Waals surface area contributed by atoms with E-state index in [1.54, 1.807) is 30.3 Å². The summed E-state index contributed by atoms with van der Waals surface area (Å²) in [4.78, 5) is 0.368. The van der Waals surface area contributed by atoms with Gasteiger partial charge >= 0.3 is 0 Å². The van der Waals surface area contributed by atoms with E-state index in [9.17, 15) is 8.42 Å². The summed E-state index contributed by atoms with van der Waals surface area (Å²) in [6.07, 6.45) is 0.473. The van der Waals surface area contributed by atoms with Crippen LogP contribution < -0.4 is 0 Å². The molecule has 0 aromatic heterocycles. The number of halogens is 1. The van der Waals surface area contributed by atoms with Gasteiger partial charge in [-0.1, -0.05) is 35.4 Å². The van der Waals surface area contributed by atoms with Gasteiger partial charge in [0.25, 0.3) is 0 Å². The molecule has 1 aromatic carbocycles. The minimum Gasteiger partial charge on any atom is -0.224 e. The van der Waals surface area contributed by atoms with Crippen LogP contribution in [0.25, 0.3) is 0 Å². The van der Waals surface area contributed by atoms with Crippen molar-refractivity contribution in [1.82, 2.24) is 0 Å². The Hall–Kier alpha value is -0.800. The summed E-state index contributed by atoms with van der Waals surface area (Å²) in [6, 6.07) is 8.45. The maximum atomic E-state index is 11.8. The first-order valence-electron chi connectivity index (χ1n) is 4.60. The van der Waals surface area contributed by atoms with Crippen molar-refractivity contribution in [2.24, 2.45) is 0 Å². The van der Waals surface area contributed by atoms with Gasteiger partial charge in [-0.3, -0.25) is 0 Å². The summed E-state index contributed by atoms with van der Waals surface area (Å²) >= 11 is 5.47. The molecule has 2 nitrogen and oxygen atoms in total. The topological polar surface area (TPSA) is 34.1 Å². The molecule has 0 amide bonds. The molecule has 0 spiro atoms. The van der Waals surface area contributed by atoms with Crippen LogP contribution in [0, 0.1) is 0 Å². The Kier molecular flexibility index (Phi) is 4.36. The fourth-order valence-corrected chi connectivity index (χ4v) is 2.60. The zero-order valence-electron chi connectivity index (χ0n) is 8.48.